The predicted octanol–water partition coefficient (Wildman–Crippen LogP) is 0.0861. The predicted molar refractivity (Wildman–Crippen MR) is 62.4 cm³/mol. The molecule has 0 aliphatic carbocycles. The fourth-order valence-corrected chi connectivity index (χ4v) is 1.53. The van der Waals surface area contributed by atoms with Crippen molar-refractivity contribution in [3.63, 3.8) is 0 Å². The number of H-pyrrole nitrogens is 1. The molecule has 1 aromatic carbocycles. The number of oxazole rings is 1. The van der Waals surface area contributed by atoms with Crippen LogP contribution in [0.25, 0.3) is 11.1 Å². The van der Waals surface area contributed by atoms with Gasteiger partial charge in [-0.3, -0.25) is 9.78 Å². The Hall–Kier alpha value is -2.08. The van der Waals surface area contributed by atoms with Crippen molar-refractivity contribution in [2.45, 2.75) is 13.0 Å². The minimum Gasteiger partial charge on any atom is -0.408 e. The Morgan fingerprint density at radius 1 is 1.47 bits per heavy atom. The van der Waals surface area contributed by atoms with E-state index in [9.17, 15) is 9.59 Å². The average Bonchev–Trinajstić information content (AvgIpc) is 2.66. The average molecular weight is 235 g/mol. The summed E-state index contributed by atoms with van der Waals surface area (Å²) in [5.41, 5.74) is 7.28. The van der Waals surface area contributed by atoms with Gasteiger partial charge in [0.25, 0.3) is 0 Å². The standard InChI is InChI=1S/C11H13N3O3/c12-4-3-10(15)13-6-7-1-2-9-8(5-7)14-11(16)17-9/h1-2,5H,3-4,6,12H2,(H,13,15)(H,14,16). The lowest BCUT2D eigenvalue weighted by Gasteiger charge is -2.03. The number of hydrogen-bond acceptors (Lipinski definition) is 4. The van der Waals surface area contributed by atoms with Gasteiger partial charge in [-0.25, -0.2) is 4.79 Å². The van der Waals surface area contributed by atoms with Crippen LogP contribution in [-0.4, -0.2) is 17.4 Å². The molecule has 0 unspecified atom stereocenters. The Balaban J connectivity index is 2.08. The SMILES string of the molecule is NCCC(=O)NCc1ccc2oc(=O)[nH]c2c1. The minimum absolute atomic E-state index is 0.0896. The number of hydrogen-bond donors (Lipinski definition) is 3. The lowest BCUT2D eigenvalue weighted by molar-refractivity contribution is -0.121. The van der Waals surface area contributed by atoms with Gasteiger partial charge in [-0.1, -0.05) is 6.07 Å². The molecule has 6 nitrogen and oxygen atoms in total. The van der Waals surface area contributed by atoms with Gasteiger partial charge in [-0.05, 0) is 17.7 Å². The monoisotopic (exact) mass is 235 g/mol. The van der Waals surface area contributed by atoms with E-state index < -0.39 is 5.76 Å². The Morgan fingerprint density at radius 2 is 2.29 bits per heavy atom. The van der Waals surface area contributed by atoms with Gasteiger partial charge in [-0.15, -0.1) is 0 Å². The van der Waals surface area contributed by atoms with Crippen LogP contribution >= 0.6 is 0 Å². The first-order valence-electron chi connectivity index (χ1n) is 5.27. The zero-order chi connectivity index (χ0) is 12.3. The summed E-state index contributed by atoms with van der Waals surface area (Å²) < 4.78 is 4.87. The molecular weight excluding hydrogens is 222 g/mol. The highest BCUT2D eigenvalue weighted by Crippen LogP contribution is 2.11. The molecule has 4 N–H and O–H groups in total. The maximum atomic E-state index is 11.2. The Morgan fingerprint density at radius 3 is 3.06 bits per heavy atom. The Labute approximate surface area is 96.8 Å². The van der Waals surface area contributed by atoms with Crippen molar-refractivity contribution < 1.29 is 9.21 Å². The number of nitrogens with one attached hydrogen (secondary N) is 2. The van der Waals surface area contributed by atoms with E-state index in [2.05, 4.69) is 10.3 Å². The highest BCUT2D eigenvalue weighted by molar-refractivity contribution is 5.76. The molecule has 0 aliphatic rings. The number of fused-ring (bicyclic) bond motifs is 1. The normalized spacial score (nSPS) is 10.6. The Kier molecular flexibility index (Phi) is 3.24. The van der Waals surface area contributed by atoms with E-state index in [4.69, 9.17) is 10.2 Å². The summed E-state index contributed by atoms with van der Waals surface area (Å²) in [7, 11) is 0. The zero-order valence-corrected chi connectivity index (χ0v) is 9.16. The van der Waals surface area contributed by atoms with Crippen LogP contribution in [0.5, 0.6) is 0 Å². The van der Waals surface area contributed by atoms with Gasteiger partial charge in [0.2, 0.25) is 5.91 Å². The molecule has 2 aromatic rings. The molecule has 0 spiro atoms. The first-order valence-corrected chi connectivity index (χ1v) is 5.27. The molecule has 0 saturated carbocycles. The van der Waals surface area contributed by atoms with Crippen molar-refractivity contribution in [1.29, 1.82) is 0 Å². The van der Waals surface area contributed by atoms with Gasteiger partial charge < -0.3 is 15.5 Å². The van der Waals surface area contributed by atoms with Crippen molar-refractivity contribution in [1.82, 2.24) is 10.3 Å². The van der Waals surface area contributed by atoms with Crippen molar-refractivity contribution in [2.75, 3.05) is 6.54 Å². The molecule has 0 radical (unpaired) electrons. The maximum Gasteiger partial charge on any atom is 0.417 e. The minimum atomic E-state index is -0.482. The second-order valence-electron chi connectivity index (χ2n) is 3.66. The molecular formula is C11H13N3O3. The topological polar surface area (TPSA) is 101 Å². The lowest BCUT2D eigenvalue weighted by Crippen LogP contribution is -2.24. The summed E-state index contributed by atoms with van der Waals surface area (Å²) in [6, 6.07) is 5.25. The molecule has 2 rings (SSSR count). The van der Waals surface area contributed by atoms with Crippen LogP contribution in [-0.2, 0) is 11.3 Å². The highest BCUT2D eigenvalue weighted by Gasteiger charge is 2.03. The van der Waals surface area contributed by atoms with Crippen LogP contribution in [0.4, 0.5) is 0 Å². The summed E-state index contributed by atoms with van der Waals surface area (Å²) in [4.78, 5) is 24.7. The summed E-state index contributed by atoms with van der Waals surface area (Å²) in [5.74, 6) is -0.572. The molecule has 0 bridgehead atoms. The number of carbonyl (C=O) groups excluding carboxylic acids is 1. The van der Waals surface area contributed by atoms with E-state index in [1.54, 1.807) is 18.2 Å². The molecule has 1 aromatic heterocycles. The number of nitrogens with two attached hydrogens (primary N) is 1. The van der Waals surface area contributed by atoms with E-state index >= 15 is 0 Å². The van der Waals surface area contributed by atoms with Crippen molar-refractivity contribution in [2.24, 2.45) is 5.73 Å². The van der Waals surface area contributed by atoms with Crippen LogP contribution in [0.2, 0.25) is 0 Å². The van der Waals surface area contributed by atoms with Crippen molar-refractivity contribution >= 4 is 17.0 Å². The first kappa shape index (κ1) is 11.4. The number of amides is 1. The van der Waals surface area contributed by atoms with E-state index in [0.717, 1.165) is 5.56 Å². The van der Waals surface area contributed by atoms with Crippen LogP contribution in [0.1, 0.15) is 12.0 Å². The third-order valence-corrected chi connectivity index (χ3v) is 2.34. The third kappa shape index (κ3) is 2.73. The summed E-state index contributed by atoms with van der Waals surface area (Å²) >= 11 is 0. The maximum absolute atomic E-state index is 11.2. The largest absolute Gasteiger partial charge is 0.417 e. The summed E-state index contributed by atoms with van der Waals surface area (Å²) in [6.07, 6.45) is 0.310. The number of aromatic nitrogens is 1. The second-order valence-corrected chi connectivity index (χ2v) is 3.66. The summed E-state index contributed by atoms with van der Waals surface area (Å²) in [6.45, 7) is 0.738. The Bertz CT molecular complexity index is 585. The molecule has 17 heavy (non-hydrogen) atoms. The van der Waals surface area contributed by atoms with Crippen LogP contribution < -0.4 is 16.8 Å². The highest BCUT2D eigenvalue weighted by atomic mass is 16.4. The van der Waals surface area contributed by atoms with Gasteiger partial charge in [0, 0.05) is 19.5 Å². The molecule has 90 valence electrons. The molecule has 0 fully saturated rings. The lowest BCUT2D eigenvalue weighted by atomic mass is 10.2. The summed E-state index contributed by atoms with van der Waals surface area (Å²) in [5, 5.41) is 2.73. The number of aromatic amines is 1. The number of carbonyl (C=O) groups is 1. The van der Waals surface area contributed by atoms with Crippen LogP contribution in [0.15, 0.2) is 27.4 Å². The second kappa shape index (κ2) is 4.84. The molecule has 0 saturated heterocycles. The van der Waals surface area contributed by atoms with Gasteiger partial charge >= 0.3 is 5.76 Å². The fourth-order valence-electron chi connectivity index (χ4n) is 1.53. The number of benzene rings is 1. The molecule has 1 amide bonds. The zero-order valence-electron chi connectivity index (χ0n) is 9.16. The fraction of sp³-hybridized carbons (Fsp3) is 0.273. The van der Waals surface area contributed by atoms with E-state index in [1.165, 1.54) is 0 Å². The smallest absolute Gasteiger partial charge is 0.408 e. The van der Waals surface area contributed by atoms with Gasteiger partial charge in [-0.2, -0.15) is 0 Å². The van der Waals surface area contributed by atoms with E-state index in [1.807, 2.05) is 0 Å². The molecule has 0 aliphatic heterocycles. The first-order chi connectivity index (χ1) is 8.19. The van der Waals surface area contributed by atoms with Crippen LogP contribution in [0.3, 0.4) is 0 Å². The molecule has 1 heterocycles. The van der Waals surface area contributed by atoms with Gasteiger partial charge in [0.15, 0.2) is 5.58 Å². The van der Waals surface area contributed by atoms with Gasteiger partial charge in [0.05, 0.1) is 5.52 Å². The number of rotatable bonds is 4. The van der Waals surface area contributed by atoms with E-state index in [0.29, 0.717) is 30.6 Å². The third-order valence-electron chi connectivity index (χ3n) is 2.34. The quantitative estimate of drug-likeness (QED) is 0.698. The van der Waals surface area contributed by atoms with Crippen molar-refractivity contribution in [3.05, 3.63) is 34.3 Å². The molecule has 6 heteroatoms. The molecule has 0 atom stereocenters. The van der Waals surface area contributed by atoms with Crippen LogP contribution in [0, 0.1) is 0 Å². The van der Waals surface area contributed by atoms with Crippen molar-refractivity contribution in [3.8, 4) is 0 Å². The van der Waals surface area contributed by atoms with Gasteiger partial charge in [0.1, 0.15) is 0 Å². The van der Waals surface area contributed by atoms with E-state index in [-0.39, 0.29) is 5.91 Å².